The van der Waals surface area contributed by atoms with Gasteiger partial charge in [-0.2, -0.15) is 4.31 Å². The number of carbonyl (C=O) groups is 1. The van der Waals surface area contributed by atoms with E-state index in [9.17, 15) is 18.1 Å². The molecule has 1 N–H and O–H groups in total. The maximum atomic E-state index is 13.0. The molecule has 0 saturated carbocycles. The molecule has 1 aliphatic rings. The van der Waals surface area contributed by atoms with Crippen molar-refractivity contribution in [2.45, 2.75) is 31.8 Å². The van der Waals surface area contributed by atoms with Crippen molar-refractivity contribution < 1.29 is 22.9 Å². The molecule has 0 aromatic heterocycles. The van der Waals surface area contributed by atoms with Crippen molar-refractivity contribution in [1.29, 1.82) is 0 Å². The van der Waals surface area contributed by atoms with Gasteiger partial charge in [-0.05, 0) is 30.6 Å². The Balaban J connectivity index is 2.26. The van der Waals surface area contributed by atoms with Crippen LogP contribution in [0, 0.1) is 17.7 Å². The molecule has 1 heterocycles. The first-order chi connectivity index (χ1) is 12.2. The van der Waals surface area contributed by atoms with Crippen LogP contribution in [-0.4, -0.2) is 61.3 Å². The van der Waals surface area contributed by atoms with Gasteiger partial charge in [0.2, 0.25) is 10.0 Å². The molecule has 0 bridgehead atoms. The van der Waals surface area contributed by atoms with Gasteiger partial charge in [-0.25, -0.2) is 13.3 Å². The van der Waals surface area contributed by atoms with E-state index in [2.05, 4.69) is 4.84 Å². The average molecular weight is 385 g/mol. The highest BCUT2D eigenvalue weighted by Gasteiger charge is 2.44. The van der Waals surface area contributed by atoms with Gasteiger partial charge in [0.25, 0.3) is 5.91 Å². The van der Waals surface area contributed by atoms with Crippen LogP contribution in [0.25, 0.3) is 0 Å². The summed E-state index contributed by atoms with van der Waals surface area (Å²) in [6, 6.07) is 6.60. The summed E-state index contributed by atoms with van der Waals surface area (Å²) >= 11 is 0. The van der Waals surface area contributed by atoms with Crippen molar-refractivity contribution in [2.75, 3.05) is 26.7 Å². The standard InChI is InChI=1S/C16H25N4O5S/c1-12(2)16-18(15(21)11-20(22)17-25-4)9-10-19(16)26(23,24)14-7-5-13(3)6-8-14/h5-8,12,16H,9-11H2,1-4H3,(H,17,22)/q+1/t16-/m0/s1. The molecule has 0 aliphatic carbocycles. The first-order valence-corrected chi connectivity index (χ1v) is 9.73. The number of hydrazine groups is 1. The summed E-state index contributed by atoms with van der Waals surface area (Å²) < 4.78 is 27.4. The number of nitrogens with zero attached hydrogens (tertiary/aromatic N) is 3. The van der Waals surface area contributed by atoms with Crippen LogP contribution in [0.3, 0.4) is 0 Å². The third-order valence-electron chi connectivity index (χ3n) is 4.19. The molecule has 144 valence electrons. The Morgan fingerprint density at radius 3 is 2.46 bits per heavy atom. The quantitative estimate of drug-likeness (QED) is 0.547. The fourth-order valence-electron chi connectivity index (χ4n) is 3.05. The van der Waals surface area contributed by atoms with E-state index in [0.717, 1.165) is 5.56 Å². The maximum Gasteiger partial charge on any atom is 0.304 e. The van der Waals surface area contributed by atoms with Gasteiger partial charge in [0.15, 0.2) is 4.87 Å². The Morgan fingerprint density at radius 2 is 1.92 bits per heavy atom. The molecule has 0 unspecified atom stereocenters. The van der Waals surface area contributed by atoms with E-state index in [1.807, 2.05) is 26.4 Å². The van der Waals surface area contributed by atoms with Crippen LogP contribution >= 0.6 is 0 Å². The summed E-state index contributed by atoms with van der Waals surface area (Å²) in [6.45, 7) is 5.50. The molecule has 1 fully saturated rings. The highest BCUT2D eigenvalue weighted by molar-refractivity contribution is 7.89. The minimum Gasteiger partial charge on any atom is -0.319 e. The molecule has 1 amide bonds. The van der Waals surface area contributed by atoms with Crippen LogP contribution in [0.15, 0.2) is 29.2 Å². The van der Waals surface area contributed by atoms with Crippen molar-refractivity contribution in [2.24, 2.45) is 5.92 Å². The Hall–Kier alpha value is -2.04. The highest BCUT2D eigenvalue weighted by atomic mass is 32.2. The second-order valence-electron chi connectivity index (χ2n) is 6.51. The average Bonchev–Trinajstić information content (AvgIpc) is 3.01. The Kier molecular flexibility index (Phi) is 6.32. The number of nitroso groups, excluding NO2 is 1. The molecule has 1 saturated heterocycles. The second kappa shape index (κ2) is 8.11. The Labute approximate surface area is 153 Å². The van der Waals surface area contributed by atoms with Gasteiger partial charge in [0.1, 0.15) is 6.17 Å². The van der Waals surface area contributed by atoms with E-state index in [1.54, 1.807) is 24.3 Å². The lowest BCUT2D eigenvalue weighted by molar-refractivity contribution is -0.649. The molecule has 2 rings (SSSR count). The summed E-state index contributed by atoms with van der Waals surface area (Å²) in [4.78, 5) is 30.3. The summed E-state index contributed by atoms with van der Waals surface area (Å²) in [7, 11) is -2.49. The smallest absolute Gasteiger partial charge is 0.304 e. The van der Waals surface area contributed by atoms with Gasteiger partial charge in [-0.3, -0.25) is 4.79 Å². The molecule has 9 nitrogen and oxygen atoms in total. The van der Waals surface area contributed by atoms with Crippen LogP contribution < -0.4 is 5.59 Å². The van der Waals surface area contributed by atoms with Crippen LogP contribution in [0.2, 0.25) is 0 Å². The largest absolute Gasteiger partial charge is 0.319 e. The van der Waals surface area contributed by atoms with Crippen LogP contribution in [0.1, 0.15) is 19.4 Å². The first kappa shape index (κ1) is 20.3. The highest BCUT2D eigenvalue weighted by Crippen LogP contribution is 2.28. The molecule has 1 aromatic rings. The molecular weight excluding hydrogens is 360 g/mol. The zero-order valence-electron chi connectivity index (χ0n) is 15.4. The van der Waals surface area contributed by atoms with Crippen molar-refractivity contribution >= 4 is 15.9 Å². The monoisotopic (exact) mass is 385 g/mol. The van der Waals surface area contributed by atoms with Gasteiger partial charge < -0.3 is 4.90 Å². The van der Waals surface area contributed by atoms with Gasteiger partial charge >= 0.3 is 6.54 Å². The lowest BCUT2D eigenvalue weighted by Crippen LogP contribution is -2.49. The molecule has 10 heteroatoms. The van der Waals surface area contributed by atoms with Gasteiger partial charge in [-0.15, -0.1) is 0 Å². The van der Waals surface area contributed by atoms with Gasteiger partial charge in [-0.1, -0.05) is 31.5 Å². The van der Waals surface area contributed by atoms with Crippen molar-refractivity contribution in [3.8, 4) is 0 Å². The third-order valence-corrected chi connectivity index (χ3v) is 6.08. The van der Waals surface area contributed by atoms with Crippen molar-refractivity contribution in [3.05, 3.63) is 34.7 Å². The molecule has 1 aromatic carbocycles. The number of nitrogens with one attached hydrogen (secondary N) is 1. The molecule has 1 atom stereocenters. The number of amides is 1. The van der Waals surface area contributed by atoms with Gasteiger partial charge in [0, 0.05) is 13.1 Å². The molecule has 0 spiro atoms. The molecular formula is C16H25N4O5S+. The number of hydrogen-bond donors (Lipinski definition) is 1. The van der Waals surface area contributed by atoms with E-state index >= 15 is 0 Å². The lowest BCUT2D eigenvalue weighted by atomic mass is 10.1. The van der Waals surface area contributed by atoms with Crippen molar-refractivity contribution in [1.82, 2.24) is 14.8 Å². The van der Waals surface area contributed by atoms with E-state index in [1.165, 1.54) is 16.3 Å². The summed E-state index contributed by atoms with van der Waals surface area (Å²) in [5.41, 5.74) is 2.98. The van der Waals surface area contributed by atoms with Crippen molar-refractivity contribution in [3.63, 3.8) is 0 Å². The van der Waals surface area contributed by atoms with Crippen LogP contribution in [0.5, 0.6) is 0 Å². The molecule has 1 aliphatic heterocycles. The SMILES string of the molecule is CON[N+](=O)CC(=O)N1CCN(S(=O)(=O)c2ccc(C)cc2)[C@H]1C(C)C. The fraction of sp³-hybridized carbons (Fsp3) is 0.562. The Bertz CT molecular complexity index is 763. The normalized spacial score (nSPS) is 18.3. The number of hydrogen-bond acceptors (Lipinski definition) is 5. The van der Waals surface area contributed by atoms with E-state index in [-0.39, 0.29) is 28.8 Å². The minimum absolute atomic E-state index is 0.142. The van der Waals surface area contributed by atoms with Gasteiger partial charge in [0.05, 0.1) is 16.9 Å². The first-order valence-electron chi connectivity index (χ1n) is 8.29. The van der Waals surface area contributed by atoms with E-state index in [0.29, 0.717) is 0 Å². The second-order valence-corrected chi connectivity index (χ2v) is 8.40. The maximum absolute atomic E-state index is 13.0. The Morgan fingerprint density at radius 1 is 1.31 bits per heavy atom. The molecule has 26 heavy (non-hydrogen) atoms. The zero-order chi connectivity index (χ0) is 19.5. The number of sulfonamides is 1. The number of carbonyl (C=O) groups excluding carboxylic acids is 1. The lowest BCUT2D eigenvalue weighted by Gasteiger charge is -2.31. The third kappa shape index (κ3) is 4.19. The van der Waals surface area contributed by atoms with E-state index < -0.39 is 28.6 Å². The van der Waals surface area contributed by atoms with Crippen LogP contribution in [-0.2, 0) is 19.7 Å². The predicted octanol–water partition coefficient (Wildman–Crippen LogP) is 0.655. The number of aryl methyl sites for hydroxylation is 1. The minimum atomic E-state index is -3.75. The number of benzene rings is 1. The topological polar surface area (TPSA) is 99.0 Å². The van der Waals surface area contributed by atoms with E-state index in [4.69, 9.17) is 0 Å². The molecule has 0 radical (unpaired) electrons. The summed E-state index contributed by atoms with van der Waals surface area (Å²) in [5, 5.41) is 0. The summed E-state index contributed by atoms with van der Waals surface area (Å²) in [6.07, 6.45) is -0.648. The zero-order valence-corrected chi connectivity index (χ0v) is 16.2. The fourth-order valence-corrected chi connectivity index (χ4v) is 4.76. The summed E-state index contributed by atoms with van der Waals surface area (Å²) in [5.74, 6) is -0.609. The van der Waals surface area contributed by atoms with Crippen LogP contribution in [0.4, 0.5) is 0 Å². The number of rotatable bonds is 7. The predicted molar refractivity (Wildman–Crippen MR) is 94.0 cm³/mol.